The van der Waals surface area contributed by atoms with E-state index in [2.05, 4.69) is 59.5 Å². The Hall–Kier alpha value is -1.71. The monoisotopic (exact) mass is 283 g/mol. The number of nitrogens with one attached hydrogen (secondary N) is 1. The number of aromatic nitrogens is 1. The number of aryl methyl sites for hydroxylation is 1. The van der Waals surface area contributed by atoms with E-state index >= 15 is 0 Å². The first-order valence-electron chi connectivity index (χ1n) is 7.52. The molecule has 2 aromatic rings. The van der Waals surface area contributed by atoms with Crippen molar-refractivity contribution >= 4 is 0 Å². The van der Waals surface area contributed by atoms with Gasteiger partial charge in [-0.3, -0.25) is 4.98 Å². The summed E-state index contributed by atoms with van der Waals surface area (Å²) in [5, 5.41) is 3.44. The molecule has 0 saturated heterocycles. The van der Waals surface area contributed by atoms with Gasteiger partial charge >= 0.3 is 0 Å². The third-order valence-corrected chi connectivity index (χ3v) is 3.87. The molecule has 0 radical (unpaired) electrons. The lowest BCUT2D eigenvalue weighted by Gasteiger charge is -2.22. The summed E-state index contributed by atoms with van der Waals surface area (Å²) >= 11 is 0. The normalized spacial score (nSPS) is 12.6. The fourth-order valence-corrected chi connectivity index (χ4v) is 2.63. The molecule has 0 aliphatic heterocycles. The quantitative estimate of drug-likeness (QED) is 0.846. The van der Waals surface area contributed by atoms with Gasteiger partial charge in [0.05, 0.1) is 5.69 Å². The molecule has 0 fully saturated rings. The van der Waals surface area contributed by atoms with Gasteiger partial charge in [0.1, 0.15) is 0 Å². The van der Waals surface area contributed by atoms with Gasteiger partial charge in [0.25, 0.3) is 0 Å². The number of hydrogen-bond acceptors (Lipinski definition) is 3. The summed E-state index contributed by atoms with van der Waals surface area (Å²) in [5.74, 6) is 0. The van der Waals surface area contributed by atoms with Crippen molar-refractivity contribution in [1.82, 2.24) is 15.2 Å². The Labute approximate surface area is 128 Å². The molecule has 0 aliphatic carbocycles. The van der Waals surface area contributed by atoms with Crippen LogP contribution in [0.25, 0.3) is 0 Å². The van der Waals surface area contributed by atoms with E-state index < -0.39 is 0 Å². The maximum Gasteiger partial charge on any atom is 0.0543 e. The first kappa shape index (κ1) is 15.7. The molecule has 112 valence electrons. The lowest BCUT2D eigenvalue weighted by atomic mass is 9.99. The summed E-state index contributed by atoms with van der Waals surface area (Å²) < 4.78 is 0. The van der Waals surface area contributed by atoms with Crippen LogP contribution in [0.5, 0.6) is 0 Å². The Bertz CT molecular complexity index is 539. The highest BCUT2D eigenvalue weighted by Gasteiger charge is 2.12. The zero-order chi connectivity index (χ0) is 15.1. The van der Waals surface area contributed by atoms with Crippen LogP contribution in [0.1, 0.15) is 29.3 Å². The summed E-state index contributed by atoms with van der Waals surface area (Å²) in [6.07, 6.45) is 2.94. The Morgan fingerprint density at radius 3 is 2.57 bits per heavy atom. The number of benzene rings is 1. The zero-order valence-electron chi connectivity index (χ0n) is 13.2. The number of hydrogen-bond donors (Lipinski definition) is 1. The Kier molecular flexibility index (Phi) is 5.90. The van der Waals surface area contributed by atoms with Crippen LogP contribution in [0.4, 0.5) is 0 Å². The van der Waals surface area contributed by atoms with Gasteiger partial charge in [-0.25, -0.2) is 0 Å². The van der Waals surface area contributed by atoms with Crippen LogP contribution < -0.4 is 5.32 Å². The molecule has 1 aromatic carbocycles. The van der Waals surface area contributed by atoms with Crippen molar-refractivity contribution in [3.05, 3.63) is 65.5 Å². The molecule has 3 heteroatoms. The highest BCUT2D eigenvalue weighted by atomic mass is 15.1. The molecular weight excluding hydrogens is 258 g/mol. The lowest BCUT2D eigenvalue weighted by Crippen LogP contribution is -2.26. The van der Waals surface area contributed by atoms with Crippen molar-refractivity contribution in [3.8, 4) is 0 Å². The van der Waals surface area contributed by atoms with Gasteiger partial charge in [0.15, 0.2) is 0 Å². The van der Waals surface area contributed by atoms with Gasteiger partial charge < -0.3 is 10.2 Å². The van der Waals surface area contributed by atoms with E-state index in [9.17, 15) is 0 Å². The highest BCUT2D eigenvalue weighted by molar-refractivity contribution is 5.28. The fraction of sp³-hybridized carbons (Fsp3) is 0.389. The second-order valence-corrected chi connectivity index (χ2v) is 5.55. The summed E-state index contributed by atoms with van der Waals surface area (Å²) in [6, 6.07) is 15.1. The van der Waals surface area contributed by atoms with E-state index in [1.54, 1.807) is 0 Å². The molecule has 0 amide bonds. The molecular formula is C18H25N3. The Morgan fingerprint density at radius 1 is 1.14 bits per heavy atom. The zero-order valence-corrected chi connectivity index (χ0v) is 13.2. The molecule has 1 atom stereocenters. The van der Waals surface area contributed by atoms with Crippen LogP contribution in [-0.4, -0.2) is 30.5 Å². The lowest BCUT2D eigenvalue weighted by molar-refractivity contribution is 0.300. The van der Waals surface area contributed by atoms with E-state index in [0.29, 0.717) is 6.04 Å². The third kappa shape index (κ3) is 4.66. The molecule has 0 saturated carbocycles. The second-order valence-electron chi connectivity index (χ2n) is 5.55. The third-order valence-electron chi connectivity index (χ3n) is 3.87. The topological polar surface area (TPSA) is 28.2 Å². The molecule has 1 unspecified atom stereocenters. The van der Waals surface area contributed by atoms with E-state index in [0.717, 1.165) is 25.2 Å². The molecule has 0 bridgehead atoms. The minimum atomic E-state index is 0.400. The van der Waals surface area contributed by atoms with Crippen molar-refractivity contribution in [2.45, 2.75) is 25.9 Å². The second kappa shape index (κ2) is 7.91. The molecule has 1 aromatic heterocycles. The van der Waals surface area contributed by atoms with Crippen molar-refractivity contribution in [2.75, 3.05) is 20.6 Å². The van der Waals surface area contributed by atoms with Crippen LogP contribution in [0.2, 0.25) is 0 Å². The van der Waals surface area contributed by atoms with Crippen LogP contribution in [-0.2, 0) is 6.54 Å². The molecule has 1 N–H and O–H groups in total. The molecule has 1 heterocycles. The minimum Gasteiger partial charge on any atom is -0.313 e. The molecule has 2 rings (SSSR count). The molecule has 0 spiro atoms. The summed E-state index contributed by atoms with van der Waals surface area (Å²) in [7, 11) is 4.19. The highest BCUT2D eigenvalue weighted by Crippen LogP contribution is 2.20. The van der Waals surface area contributed by atoms with Gasteiger partial charge in [-0.1, -0.05) is 30.3 Å². The standard InChI is InChI=1S/C18H25N3/c1-15-8-4-5-10-17(15)18(19-2)11-13-21(3)14-16-9-6-7-12-20-16/h4-10,12,18-19H,11,13-14H2,1-3H3. The number of pyridine rings is 1. The van der Waals surface area contributed by atoms with Gasteiger partial charge in [-0.15, -0.1) is 0 Å². The van der Waals surface area contributed by atoms with Crippen LogP contribution >= 0.6 is 0 Å². The SMILES string of the molecule is CNC(CCN(C)Cc1ccccn1)c1ccccc1C. The van der Waals surface area contributed by atoms with Gasteiger partial charge in [-0.2, -0.15) is 0 Å². The van der Waals surface area contributed by atoms with E-state index in [1.165, 1.54) is 11.1 Å². The van der Waals surface area contributed by atoms with Gasteiger partial charge in [0, 0.05) is 25.3 Å². The maximum atomic E-state index is 4.38. The van der Waals surface area contributed by atoms with Gasteiger partial charge in [0.2, 0.25) is 0 Å². The van der Waals surface area contributed by atoms with Crippen molar-refractivity contribution < 1.29 is 0 Å². The molecule has 3 nitrogen and oxygen atoms in total. The van der Waals surface area contributed by atoms with Crippen molar-refractivity contribution in [3.63, 3.8) is 0 Å². The Morgan fingerprint density at radius 2 is 1.90 bits per heavy atom. The average molecular weight is 283 g/mol. The Balaban J connectivity index is 1.90. The fourth-order valence-electron chi connectivity index (χ4n) is 2.63. The van der Waals surface area contributed by atoms with Crippen LogP contribution in [0.3, 0.4) is 0 Å². The summed E-state index contributed by atoms with van der Waals surface area (Å²) in [4.78, 5) is 6.71. The van der Waals surface area contributed by atoms with Crippen molar-refractivity contribution in [1.29, 1.82) is 0 Å². The van der Waals surface area contributed by atoms with E-state index in [4.69, 9.17) is 0 Å². The minimum absolute atomic E-state index is 0.400. The van der Waals surface area contributed by atoms with Crippen LogP contribution in [0, 0.1) is 6.92 Å². The molecule has 21 heavy (non-hydrogen) atoms. The van der Waals surface area contributed by atoms with E-state index in [1.807, 2.05) is 25.4 Å². The average Bonchev–Trinajstić information content (AvgIpc) is 2.50. The molecule has 0 aliphatic rings. The first-order valence-corrected chi connectivity index (χ1v) is 7.52. The summed E-state index contributed by atoms with van der Waals surface area (Å²) in [6.45, 7) is 4.11. The van der Waals surface area contributed by atoms with Gasteiger partial charge in [-0.05, 0) is 50.7 Å². The van der Waals surface area contributed by atoms with Crippen molar-refractivity contribution in [2.24, 2.45) is 0 Å². The predicted octanol–water partition coefficient (Wildman–Crippen LogP) is 3.17. The predicted molar refractivity (Wildman–Crippen MR) is 88.2 cm³/mol. The smallest absolute Gasteiger partial charge is 0.0543 e. The van der Waals surface area contributed by atoms with E-state index in [-0.39, 0.29) is 0 Å². The first-order chi connectivity index (χ1) is 10.2. The largest absolute Gasteiger partial charge is 0.313 e. The number of nitrogens with zero attached hydrogens (tertiary/aromatic N) is 2. The maximum absolute atomic E-state index is 4.38. The van der Waals surface area contributed by atoms with Crippen LogP contribution in [0.15, 0.2) is 48.7 Å². The number of rotatable bonds is 7. The summed E-state index contributed by atoms with van der Waals surface area (Å²) in [5.41, 5.74) is 3.87.